The lowest BCUT2D eigenvalue weighted by Crippen LogP contribution is -2.10. The summed E-state index contributed by atoms with van der Waals surface area (Å²) in [7, 11) is -0.364. The van der Waals surface area contributed by atoms with Gasteiger partial charge in [0.15, 0.2) is 0 Å². The van der Waals surface area contributed by atoms with Gasteiger partial charge < -0.3 is 18.9 Å². The Morgan fingerprint density at radius 1 is 0.688 bits per heavy atom. The Labute approximate surface area is 94.2 Å². The first-order valence-corrected chi connectivity index (χ1v) is 4.70. The van der Waals surface area contributed by atoms with E-state index in [-0.39, 0.29) is 0 Å². The van der Waals surface area contributed by atoms with Gasteiger partial charge in [0.1, 0.15) is 0 Å². The lowest BCUT2D eigenvalue weighted by molar-refractivity contribution is 0.0106. The van der Waals surface area contributed by atoms with Gasteiger partial charge >= 0.3 is 7.54 Å². The summed E-state index contributed by atoms with van der Waals surface area (Å²) in [5, 5.41) is 0. The van der Waals surface area contributed by atoms with Crippen molar-refractivity contribution in [3.63, 3.8) is 0 Å². The minimum absolute atomic E-state index is 0.618. The molecular weight excluding hydrogens is 228 g/mol. The Morgan fingerprint density at radius 3 is 1.19 bits per heavy atom. The highest BCUT2D eigenvalue weighted by molar-refractivity contribution is 6.33. The van der Waals surface area contributed by atoms with Crippen LogP contribution >= 0.6 is 0 Å². The molecular formula is C8H18BF3O4. The normalized spacial score (nSPS) is 9.56. The van der Waals surface area contributed by atoms with Gasteiger partial charge in [0, 0.05) is 14.2 Å². The van der Waals surface area contributed by atoms with E-state index in [9.17, 15) is 12.9 Å². The van der Waals surface area contributed by atoms with Crippen molar-refractivity contribution in [3.8, 4) is 0 Å². The quantitative estimate of drug-likeness (QED) is 0.452. The van der Waals surface area contributed by atoms with E-state index < -0.39 is 7.54 Å². The molecule has 0 aliphatic heterocycles. The summed E-state index contributed by atoms with van der Waals surface area (Å²) in [5.74, 6) is 0. The van der Waals surface area contributed by atoms with E-state index >= 15 is 0 Å². The summed E-state index contributed by atoms with van der Waals surface area (Å²) in [6.45, 7) is 3.77. The van der Waals surface area contributed by atoms with Crippen LogP contribution in [0.3, 0.4) is 0 Å². The molecule has 0 unspecified atom stereocenters. The Balaban J connectivity index is 0. The van der Waals surface area contributed by atoms with Crippen LogP contribution in [0.1, 0.15) is 0 Å². The van der Waals surface area contributed by atoms with Gasteiger partial charge in [0.05, 0.1) is 39.6 Å². The Hall–Kier alpha value is -0.305. The maximum Gasteiger partial charge on any atom is 0.762 e. The molecule has 0 spiro atoms. The second-order valence-corrected chi connectivity index (χ2v) is 2.46. The summed E-state index contributed by atoms with van der Waals surface area (Å²) in [6, 6.07) is 0. The Morgan fingerprint density at radius 2 is 0.938 bits per heavy atom. The second-order valence-electron chi connectivity index (χ2n) is 2.46. The largest absolute Gasteiger partial charge is 0.762 e. The summed E-state index contributed by atoms with van der Waals surface area (Å²) in [4.78, 5) is 0. The van der Waals surface area contributed by atoms with Crippen LogP contribution in [-0.2, 0) is 18.9 Å². The summed E-state index contributed by atoms with van der Waals surface area (Å²) < 4.78 is 48.9. The minimum Gasteiger partial charge on any atom is -0.382 e. The van der Waals surface area contributed by atoms with Crippen molar-refractivity contribution in [2.45, 2.75) is 0 Å². The average Bonchev–Trinajstić information content (AvgIpc) is 2.21. The Bertz CT molecular complexity index is 109. The van der Waals surface area contributed by atoms with E-state index in [2.05, 4.69) is 0 Å². The van der Waals surface area contributed by atoms with Crippen LogP contribution in [0.15, 0.2) is 0 Å². The number of hydrogen-bond donors (Lipinski definition) is 0. The zero-order valence-corrected chi connectivity index (χ0v) is 9.59. The molecule has 0 fully saturated rings. The molecule has 0 radical (unpaired) electrons. The van der Waals surface area contributed by atoms with Gasteiger partial charge in [-0.1, -0.05) is 0 Å². The van der Waals surface area contributed by atoms with E-state index in [0.29, 0.717) is 39.6 Å². The van der Waals surface area contributed by atoms with Crippen LogP contribution in [0.4, 0.5) is 12.9 Å². The van der Waals surface area contributed by atoms with Gasteiger partial charge in [-0.05, 0) is 0 Å². The van der Waals surface area contributed by atoms with Crippen molar-refractivity contribution in [3.05, 3.63) is 0 Å². The van der Waals surface area contributed by atoms with Crippen LogP contribution in [0.25, 0.3) is 0 Å². The van der Waals surface area contributed by atoms with Crippen LogP contribution in [0.2, 0.25) is 0 Å². The van der Waals surface area contributed by atoms with Crippen LogP contribution in [0.5, 0.6) is 0 Å². The number of rotatable bonds is 9. The topological polar surface area (TPSA) is 36.9 Å². The molecule has 0 aromatic rings. The third-order valence-corrected chi connectivity index (χ3v) is 1.24. The fourth-order valence-corrected chi connectivity index (χ4v) is 0.606. The van der Waals surface area contributed by atoms with Crippen molar-refractivity contribution in [2.24, 2.45) is 0 Å². The molecule has 0 saturated heterocycles. The van der Waals surface area contributed by atoms with E-state index in [1.165, 1.54) is 0 Å². The second kappa shape index (κ2) is 17.1. The van der Waals surface area contributed by atoms with E-state index in [1.54, 1.807) is 14.2 Å². The van der Waals surface area contributed by atoms with Gasteiger partial charge in [-0.3, -0.25) is 12.9 Å². The fraction of sp³-hybridized carbons (Fsp3) is 1.00. The number of ether oxygens (including phenoxy) is 4. The van der Waals surface area contributed by atoms with Gasteiger partial charge in [0.25, 0.3) is 0 Å². The van der Waals surface area contributed by atoms with E-state index in [4.69, 9.17) is 18.9 Å². The Kier molecular flexibility index (Phi) is 19.3. The van der Waals surface area contributed by atoms with Crippen molar-refractivity contribution >= 4 is 7.54 Å². The van der Waals surface area contributed by atoms with Crippen molar-refractivity contribution in [2.75, 3.05) is 53.9 Å². The van der Waals surface area contributed by atoms with Gasteiger partial charge in [-0.2, -0.15) is 0 Å². The van der Waals surface area contributed by atoms with E-state index in [0.717, 1.165) is 0 Å². The zero-order valence-electron chi connectivity index (χ0n) is 9.59. The standard InChI is InChI=1S/C8H18O4.BF3/c1-9-3-5-11-7-8-12-6-4-10-2;2-1(3)4/h3-8H2,1-2H3;. The molecule has 0 aromatic heterocycles. The maximum absolute atomic E-state index is 9.67. The molecule has 8 heteroatoms. The summed E-state index contributed by atoms with van der Waals surface area (Å²) in [5.41, 5.74) is 0. The molecule has 0 amide bonds. The zero-order chi connectivity index (χ0) is 12.6. The molecule has 4 nitrogen and oxygen atoms in total. The van der Waals surface area contributed by atoms with Gasteiger partial charge in [-0.25, -0.2) is 0 Å². The van der Waals surface area contributed by atoms with Crippen LogP contribution < -0.4 is 0 Å². The highest BCUT2D eigenvalue weighted by Gasteiger charge is 2.06. The molecule has 0 rings (SSSR count). The third-order valence-electron chi connectivity index (χ3n) is 1.24. The maximum atomic E-state index is 9.67. The first kappa shape index (κ1) is 18.1. The predicted molar refractivity (Wildman–Crippen MR) is 54.5 cm³/mol. The molecule has 16 heavy (non-hydrogen) atoms. The van der Waals surface area contributed by atoms with Crippen molar-refractivity contribution < 1.29 is 31.9 Å². The smallest absolute Gasteiger partial charge is 0.382 e. The SMILES string of the molecule is COCCOCCOCCOC.FB(F)F. The molecule has 98 valence electrons. The van der Waals surface area contributed by atoms with Gasteiger partial charge in [0.2, 0.25) is 0 Å². The van der Waals surface area contributed by atoms with E-state index in [1.807, 2.05) is 0 Å². The number of methoxy groups -OCH3 is 2. The lowest BCUT2D eigenvalue weighted by Gasteiger charge is -2.04. The average molecular weight is 246 g/mol. The predicted octanol–water partition coefficient (Wildman–Crippen LogP) is 1.19. The first-order chi connectivity index (χ1) is 7.65. The monoisotopic (exact) mass is 246 g/mol. The molecule has 0 heterocycles. The summed E-state index contributed by atoms with van der Waals surface area (Å²) >= 11 is 0. The molecule has 0 bridgehead atoms. The van der Waals surface area contributed by atoms with Crippen molar-refractivity contribution in [1.82, 2.24) is 0 Å². The first-order valence-electron chi connectivity index (χ1n) is 4.70. The summed E-state index contributed by atoms with van der Waals surface area (Å²) in [6.07, 6.45) is 0. The molecule has 0 N–H and O–H groups in total. The fourth-order valence-electron chi connectivity index (χ4n) is 0.606. The lowest BCUT2D eigenvalue weighted by atomic mass is 10.5. The van der Waals surface area contributed by atoms with Crippen molar-refractivity contribution in [1.29, 1.82) is 0 Å². The number of halogens is 3. The van der Waals surface area contributed by atoms with Crippen LogP contribution in [0, 0.1) is 0 Å². The molecule has 0 aliphatic rings. The molecule has 0 atom stereocenters. The highest BCUT2D eigenvalue weighted by atomic mass is 19.4. The molecule has 0 aromatic carbocycles. The number of hydrogen-bond acceptors (Lipinski definition) is 4. The highest BCUT2D eigenvalue weighted by Crippen LogP contribution is 1.80. The minimum atomic E-state index is -3.67. The molecule has 0 aliphatic carbocycles. The van der Waals surface area contributed by atoms with Gasteiger partial charge in [-0.15, -0.1) is 0 Å². The molecule has 0 saturated carbocycles. The van der Waals surface area contributed by atoms with Crippen LogP contribution in [-0.4, -0.2) is 61.4 Å². The third kappa shape index (κ3) is 29.2.